The summed E-state index contributed by atoms with van der Waals surface area (Å²) in [5.41, 5.74) is 6.30. The molecule has 0 bridgehead atoms. The molecule has 1 aliphatic carbocycles. The number of benzene rings is 4. The quantitative estimate of drug-likeness (QED) is 0.244. The summed E-state index contributed by atoms with van der Waals surface area (Å²) in [4.78, 5) is 9.49. The number of para-hydroxylation sites is 3. The van der Waals surface area contributed by atoms with Gasteiger partial charge in [0.15, 0.2) is 6.73 Å². The van der Waals surface area contributed by atoms with Crippen LogP contribution in [0, 0.1) is 0 Å². The second-order valence-corrected chi connectivity index (χ2v) is 13.4. The first-order chi connectivity index (χ1) is 23.2. The zero-order valence-electron chi connectivity index (χ0n) is 27.2. The monoisotopic (exact) mass is 632 g/mol. The lowest BCUT2D eigenvalue weighted by molar-refractivity contribution is 0.00139. The molecule has 4 aromatic carbocycles. The van der Waals surface area contributed by atoms with Crippen LogP contribution in [0.5, 0.6) is 23.0 Å². The number of fused-ring (bicyclic) bond motifs is 4. The summed E-state index contributed by atoms with van der Waals surface area (Å²) in [5.74, 6) is 4.10. The molecule has 9 rings (SSSR count). The van der Waals surface area contributed by atoms with Gasteiger partial charge in [0.2, 0.25) is 0 Å². The van der Waals surface area contributed by atoms with Crippen LogP contribution in [0.15, 0.2) is 91.0 Å². The van der Waals surface area contributed by atoms with Gasteiger partial charge < -0.3 is 23.8 Å². The molecule has 5 aliphatic rings. The molecule has 4 aromatic rings. The number of hydrogen-bond donors (Lipinski definition) is 0. The van der Waals surface area contributed by atoms with E-state index < -0.39 is 0 Å². The highest BCUT2D eigenvalue weighted by atomic mass is 16.5. The van der Waals surface area contributed by atoms with Crippen LogP contribution in [0.2, 0.25) is 0 Å². The molecular weight excluding hydrogens is 588 g/mol. The molecule has 0 aromatic heterocycles. The van der Waals surface area contributed by atoms with E-state index in [-0.39, 0.29) is 0 Å². The predicted octanol–water partition coefficient (Wildman–Crippen LogP) is 6.83. The van der Waals surface area contributed by atoms with Gasteiger partial charge >= 0.3 is 0 Å². The topological polar surface area (TPSA) is 49.9 Å². The van der Waals surface area contributed by atoms with Crippen molar-refractivity contribution in [1.29, 1.82) is 0 Å². The molecule has 47 heavy (non-hydrogen) atoms. The normalized spacial score (nSPS) is 22.4. The highest BCUT2D eigenvalue weighted by Crippen LogP contribution is 2.36. The van der Waals surface area contributed by atoms with Gasteiger partial charge in [-0.1, -0.05) is 54.6 Å². The first kappa shape index (κ1) is 30.1. The Kier molecular flexibility index (Phi) is 8.63. The molecule has 0 unspecified atom stereocenters. The van der Waals surface area contributed by atoms with Crippen molar-refractivity contribution >= 4 is 5.69 Å². The van der Waals surface area contributed by atoms with Gasteiger partial charge in [0.1, 0.15) is 43.2 Å². The molecule has 0 N–H and O–H groups in total. The molecule has 8 nitrogen and oxygen atoms in total. The Morgan fingerprint density at radius 1 is 0.468 bits per heavy atom. The van der Waals surface area contributed by atoms with Gasteiger partial charge in [0, 0.05) is 66.2 Å². The van der Waals surface area contributed by atoms with Gasteiger partial charge in [-0.05, 0) is 69.1 Å². The Morgan fingerprint density at radius 2 is 0.936 bits per heavy atom. The summed E-state index contributed by atoms with van der Waals surface area (Å²) < 4.78 is 23.7. The number of rotatable bonds is 3. The fraction of sp³-hybridized carbons (Fsp3) is 0.385. The van der Waals surface area contributed by atoms with Gasteiger partial charge in [-0.2, -0.15) is 0 Å². The number of ether oxygens (including phenoxy) is 4. The standard InChI is InChI=1S/C30H33N3O3.C9H11NO/c1-3-7-28-22(5-1)16-31(19-34-28)25-9-11-26(12-10-25)32-18-24-15-27(13-14-30(24)36-20-32)33-17-23-6-2-4-8-29(23)35-21-33;1-10-6-8-4-2-3-5-9(8)11-7-10/h1-8,13-15,25-26H,9-12,16-21H2;2-5H,6-7H2,1H3. The molecule has 0 amide bonds. The van der Waals surface area contributed by atoms with Gasteiger partial charge in [-0.15, -0.1) is 0 Å². The van der Waals surface area contributed by atoms with E-state index in [4.69, 9.17) is 18.9 Å². The lowest BCUT2D eigenvalue weighted by Crippen LogP contribution is -2.47. The second-order valence-electron chi connectivity index (χ2n) is 13.4. The summed E-state index contributed by atoms with van der Waals surface area (Å²) >= 11 is 0. The summed E-state index contributed by atoms with van der Waals surface area (Å²) in [6, 6.07) is 32.7. The van der Waals surface area contributed by atoms with Gasteiger partial charge in [-0.25, -0.2) is 0 Å². The van der Waals surface area contributed by atoms with Crippen LogP contribution in [0.4, 0.5) is 5.69 Å². The van der Waals surface area contributed by atoms with E-state index in [2.05, 4.69) is 93.4 Å². The van der Waals surface area contributed by atoms with Crippen LogP contribution in [0.3, 0.4) is 0 Å². The Morgan fingerprint density at radius 3 is 1.55 bits per heavy atom. The number of hydrogen-bond acceptors (Lipinski definition) is 8. The van der Waals surface area contributed by atoms with E-state index in [0.717, 1.165) is 49.2 Å². The average Bonchev–Trinajstić information content (AvgIpc) is 3.14. The molecule has 0 saturated heterocycles. The molecular formula is C39H44N4O4. The van der Waals surface area contributed by atoms with Crippen molar-refractivity contribution in [2.45, 2.75) is 63.9 Å². The third-order valence-electron chi connectivity index (χ3n) is 10.2. The highest BCUT2D eigenvalue weighted by molar-refractivity contribution is 5.55. The maximum absolute atomic E-state index is 6.22. The first-order valence-corrected chi connectivity index (χ1v) is 17.0. The Labute approximate surface area is 278 Å². The maximum atomic E-state index is 6.22. The molecule has 0 radical (unpaired) electrons. The summed E-state index contributed by atoms with van der Waals surface area (Å²) in [7, 11) is 2.05. The fourth-order valence-electron chi connectivity index (χ4n) is 7.52. The highest BCUT2D eigenvalue weighted by Gasteiger charge is 2.33. The van der Waals surface area contributed by atoms with Crippen LogP contribution in [-0.2, 0) is 26.2 Å². The Hall–Kier alpha value is -4.24. The lowest BCUT2D eigenvalue weighted by Gasteiger charge is -2.43. The van der Waals surface area contributed by atoms with Crippen molar-refractivity contribution in [1.82, 2.24) is 14.7 Å². The Bertz CT molecular complexity index is 1690. The molecule has 4 heterocycles. The molecule has 1 saturated carbocycles. The van der Waals surface area contributed by atoms with Crippen molar-refractivity contribution in [3.63, 3.8) is 0 Å². The van der Waals surface area contributed by atoms with Crippen molar-refractivity contribution in [3.05, 3.63) is 113 Å². The minimum absolute atomic E-state index is 0.571. The van der Waals surface area contributed by atoms with E-state index >= 15 is 0 Å². The minimum atomic E-state index is 0.571. The molecule has 8 heteroatoms. The minimum Gasteiger partial charge on any atom is -0.478 e. The lowest BCUT2D eigenvalue weighted by atomic mass is 9.88. The number of nitrogens with zero attached hydrogens (tertiary/aromatic N) is 4. The van der Waals surface area contributed by atoms with Crippen molar-refractivity contribution < 1.29 is 18.9 Å². The zero-order chi connectivity index (χ0) is 31.6. The van der Waals surface area contributed by atoms with Gasteiger partial charge in [-0.3, -0.25) is 14.7 Å². The summed E-state index contributed by atoms with van der Waals surface area (Å²) in [5, 5.41) is 0. The van der Waals surface area contributed by atoms with Gasteiger partial charge in [0.05, 0.1) is 0 Å². The van der Waals surface area contributed by atoms with Crippen molar-refractivity contribution in [2.75, 3.05) is 38.9 Å². The van der Waals surface area contributed by atoms with Gasteiger partial charge in [0.25, 0.3) is 0 Å². The van der Waals surface area contributed by atoms with Crippen LogP contribution in [-0.4, -0.2) is 60.8 Å². The van der Waals surface area contributed by atoms with E-state index in [1.807, 2.05) is 24.3 Å². The zero-order valence-corrected chi connectivity index (χ0v) is 27.2. The van der Waals surface area contributed by atoms with E-state index in [9.17, 15) is 0 Å². The fourth-order valence-corrected chi connectivity index (χ4v) is 7.52. The summed E-state index contributed by atoms with van der Waals surface area (Å²) in [6.45, 7) is 6.49. The van der Waals surface area contributed by atoms with Crippen LogP contribution >= 0.6 is 0 Å². The van der Waals surface area contributed by atoms with E-state index in [1.54, 1.807) is 0 Å². The third-order valence-corrected chi connectivity index (χ3v) is 10.2. The predicted molar refractivity (Wildman–Crippen MR) is 183 cm³/mol. The summed E-state index contributed by atoms with van der Waals surface area (Å²) in [6.07, 6.45) is 4.84. The first-order valence-electron chi connectivity index (χ1n) is 17.0. The van der Waals surface area contributed by atoms with Crippen molar-refractivity contribution in [2.24, 2.45) is 0 Å². The maximum Gasteiger partial charge on any atom is 0.161 e. The number of anilines is 1. The van der Waals surface area contributed by atoms with Crippen molar-refractivity contribution in [3.8, 4) is 23.0 Å². The van der Waals surface area contributed by atoms with Crippen LogP contribution < -0.4 is 23.8 Å². The van der Waals surface area contributed by atoms with E-state index in [0.29, 0.717) is 39.0 Å². The smallest absolute Gasteiger partial charge is 0.161 e. The Balaban J connectivity index is 0.000000249. The molecule has 0 atom stereocenters. The van der Waals surface area contributed by atoms with Crippen LogP contribution in [0.1, 0.15) is 47.9 Å². The molecule has 4 aliphatic heterocycles. The SMILES string of the molecule is CN1COc2ccccc2C1.c1ccc2c(c1)CN(c1ccc3c(c1)CN(C1CCC(N4COc5ccccc5C4)CC1)CO3)CO2. The largest absolute Gasteiger partial charge is 0.478 e. The molecule has 244 valence electrons. The second kappa shape index (κ2) is 13.5. The molecule has 1 fully saturated rings. The average molecular weight is 633 g/mol. The van der Waals surface area contributed by atoms with E-state index in [1.165, 1.54) is 53.6 Å². The third kappa shape index (κ3) is 6.63. The molecule has 0 spiro atoms. The van der Waals surface area contributed by atoms with Crippen LogP contribution in [0.25, 0.3) is 0 Å².